The monoisotopic (exact) mass is 452 g/mol. The number of Topliss-reactive ketones (excluding diaryl/α,β-unsaturated/α-hetero) is 1. The quantitative estimate of drug-likeness (QED) is 0.457. The summed E-state index contributed by atoms with van der Waals surface area (Å²) in [5.41, 5.74) is 1.35. The largest absolute Gasteiger partial charge is 0.297 e. The lowest BCUT2D eigenvalue weighted by Gasteiger charge is -2.59. The van der Waals surface area contributed by atoms with E-state index in [-0.39, 0.29) is 17.2 Å². The maximum absolute atomic E-state index is 13.6. The highest BCUT2D eigenvalue weighted by Gasteiger charge is 2.60. The molecule has 5 rings (SSSR count). The van der Waals surface area contributed by atoms with Crippen LogP contribution in [-0.4, -0.2) is 15.6 Å². The fraction of sp³-hybridized carbons (Fsp3) is 0.724. The summed E-state index contributed by atoms with van der Waals surface area (Å²) in [5, 5.41) is 5.31. The molecule has 3 aliphatic carbocycles. The van der Waals surface area contributed by atoms with Crippen LogP contribution in [-0.2, 0) is 11.3 Å². The lowest BCUT2D eigenvalue weighted by molar-refractivity contribution is -0.134. The first-order chi connectivity index (χ1) is 15.8. The molecule has 2 aromatic rings. The summed E-state index contributed by atoms with van der Waals surface area (Å²) < 4.78 is 15.3. The van der Waals surface area contributed by atoms with E-state index < -0.39 is 0 Å². The molecule has 0 amide bonds. The Morgan fingerprint density at radius 1 is 1.12 bits per heavy atom. The predicted octanol–water partition coefficient (Wildman–Crippen LogP) is 7.43. The number of benzene rings is 1. The Hall–Kier alpha value is -1.71. The number of carbonyl (C=O) groups excluding carboxylic acids is 1. The van der Waals surface area contributed by atoms with E-state index in [1.165, 1.54) is 63.5 Å². The molecule has 0 N–H and O–H groups in total. The lowest BCUT2D eigenvalue weighted by atomic mass is 9.46. The fourth-order valence-electron chi connectivity index (χ4n) is 8.84. The van der Waals surface area contributed by atoms with Crippen molar-refractivity contribution in [1.29, 1.82) is 0 Å². The van der Waals surface area contributed by atoms with Gasteiger partial charge in [-0.25, -0.2) is 4.39 Å². The summed E-state index contributed by atoms with van der Waals surface area (Å²) in [7, 11) is 0. The van der Waals surface area contributed by atoms with E-state index in [4.69, 9.17) is 0 Å². The van der Waals surface area contributed by atoms with Gasteiger partial charge in [0.05, 0.1) is 12.1 Å². The molecule has 3 nitrogen and oxygen atoms in total. The van der Waals surface area contributed by atoms with Crippen LogP contribution >= 0.6 is 0 Å². The Labute approximate surface area is 198 Å². The Morgan fingerprint density at radius 2 is 1.94 bits per heavy atom. The first-order valence-electron chi connectivity index (χ1n) is 13.5. The van der Waals surface area contributed by atoms with Crippen molar-refractivity contribution >= 4 is 16.7 Å². The molecule has 180 valence electrons. The van der Waals surface area contributed by atoms with Crippen molar-refractivity contribution in [2.75, 3.05) is 0 Å². The summed E-state index contributed by atoms with van der Waals surface area (Å²) in [6.45, 7) is 10.1. The van der Waals surface area contributed by atoms with Crippen molar-refractivity contribution < 1.29 is 9.18 Å². The fourth-order valence-corrected chi connectivity index (χ4v) is 8.84. The van der Waals surface area contributed by atoms with Crippen LogP contribution in [0.15, 0.2) is 24.4 Å². The normalized spacial score (nSPS) is 38.3. The number of halogens is 1. The molecule has 0 spiro atoms. The van der Waals surface area contributed by atoms with E-state index in [1.54, 1.807) is 10.7 Å². The molecule has 3 aliphatic rings. The molecular formula is C29H41FN2O. The average molecular weight is 453 g/mol. The lowest BCUT2D eigenvalue weighted by Crippen LogP contribution is -2.52. The number of rotatable bonds is 6. The Morgan fingerprint density at radius 3 is 2.70 bits per heavy atom. The highest BCUT2D eigenvalue weighted by molar-refractivity contribution is 5.83. The van der Waals surface area contributed by atoms with Crippen molar-refractivity contribution in [1.82, 2.24) is 9.78 Å². The predicted molar refractivity (Wildman–Crippen MR) is 131 cm³/mol. The van der Waals surface area contributed by atoms with Gasteiger partial charge in [-0.1, -0.05) is 47.0 Å². The van der Waals surface area contributed by atoms with Gasteiger partial charge in [0.15, 0.2) is 5.78 Å². The van der Waals surface area contributed by atoms with Crippen LogP contribution in [0.1, 0.15) is 85.5 Å². The van der Waals surface area contributed by atoms with E-state index in [9.17, 15) is 9.18 Å². The number of nitrogens with zero attached hydrogens (tertiary/aromatic N) is 2. The van der Waals surface area contributed by atoms with E-state index in [0.717, 1.165) is 35.1 Å². The van der Waals surface area contributed by atoms with Crippen LogP contribution in [0.2, 0.25) is 0 Å². The maximum Gasteiger partial charge on any atom is 0.157 e. The van der Waals surface area contributed by atoms with E-state index in [2.05, 4.69) is 32.8 Å². The molecular weight excluding hydrogens is 411 g/mol. The molecule has 0 aliphatic heterocycles. The number of ketones is 1. The molecule has 1 aromatic carbocycles. The van der Waals surface area contributed by atoms with Crippen LogP contribution in [0.25, 0.3) is 10.9 Å². The third kappa shape index (κ3) is 3.67. The van der Waals surface area contributed by atoms with Gasteiger partial charge in [-0.2, -0.15) is 5.10 Å². The van der Waals surface area contributed by atoms with Crippen LogP contribution in [0.5, 0.6) is 0 Å². The zero-order valence-corrected chi connectivity index (χ0v) is 20.9. The first-order valence-corrected chi connectivity index (χ1v) is 13.5. The molecule has 0 radical (unpaired) electrons. The van der Waals surface area contributed by atoms with Gasteiger partial charge in [0.2, 0.25) is 0 Å². The standard InChI is InChI=1S/C29H41FN2O/c1-5-7-20-8-10-22-23-11-12-25(29(23,4)15-14-24(22)28(20,3)6-2)27(33)18-32-17-19-16-21(30)9-13-26(19)31-32/h9,13,16-17,20,22-25H,5-8,10-12,14-15,18H2,1-4H3/t20-,22-,23-,24-,25+,28-,29-/m0/s1. The average Bonchev–Trinajstić information content (AvgIpc) is 3.35. The van der Waals surface area contributed by atoms with Crippen LogP contribution in [0.4, 0.5) is 4.39 Å². The third-order valence-corrected chi connectivity index (χ3v) is 10.7. The summed E-state index contributed by atoms with van der Waals surface area (Å²) in [6.07, 6.45) is 13.2. The summed E-state index contributed by atoms with van der Waals surface area (Å²) in [4.78, 5) is 13.6. The van der Waals surface area contributed by atoms with Crippen molar-refractivity contribution in [3.05, 3.63) is 30.2 Å². The van der Waals surface area contributed by atoms with Crippen LogP contribution in [0.3, 0.4) is 0 Å². The Balaban J connectivity index is 1.34. The number of hydrogen-bond acceptors (Lipinski definition) is 2. The van der Waals surface area contributed by atoms with Crippen molar-refractivity contribution in [3.63, 3.8) is 0 Å². The number of hydrogen-bond donors (Lipinski definition) is 0. The second-order valence-electron chi connectivity index (χ2n) is 12.0. The summed E-state index contributed by atoms with van der Waals surface area (Å²) in [5.74, 6) is 3.36. The molecule has 4 heteroatoms. The molecule has 0 bridgehead atoms. The van der Waals surface area contributed by atoms with Gasteiger partial charge in [0.1, 0.15) is 5.82 Å². The minimum absolute atomic E-state index is 0.128. The second kappa shape index (κ2) is 8.50. The van der Waals surface area contributed by atoms with Gasteiger partial charge in [0, 0.05) is 17.5 Å². The highest BCUT2D eigenvalue weighted by atomic mass is 19.1. The van der Waals surface area contributed by atoms with Gasteiger partial charge < -0.3 is 0 Å². The zero-order chi connectivity index (χ0) is 23.4. The molecule has 0 unspecified atom stereocenters. The van der Waals surface area contributed by atoms with Gasteiger partial charge in [-0.15, -0.1) is 0 Å². The van der Waals surface area contributed by atoms with Crippen molar-refractivity contribution in [2.24, 2.45) is 40.4 Å². The number of aromatic nitrogens is 2. The molecule has 1 aromatic heterocycles. The smallest absolute Gasteiger partial charge is 0.157 e. The molecule has 0 saturated heterocycles. The molecule has 3 saturated carbocycles. The molecule has 7 atom stereocenters. The van der Waals surface area contributed by atoms with Crippen LogP contribution in [0, 0.1) is 46.2 Å². The molecule has 1 heterocycles. The topological polar surface area (TPSA) is 34.9 Å². The maximum atomic E-state index is 13.6. The summed E-state index contributed by atoms with van der Waals surface area (Å²) >= 11 is 0. The Bertz CT molecular complexity index is 1030. The summed E-state index contributed by atoms with van der Waals surface area (Å²) in [6, 6.07) is 4.62. The minimum Gasteiger partial charge on any atom is -0.297 e. The second-order valence-corrected chi connectivity index (χ2v) is 12.0. The van der Waals surface area contributed by atoms with E-state index >= 15 is 0 Å². The first kappa shape index (κ1) is 23.1. The van der Waals surface area contributed by atoms with Gasteiger partial charge >= 0.3 is 0 Å². The van der Waals surface area contributed by atoms with E-state index in [1.807, 2.05) is 6.20 Å². The third-order valence-electron chi connectivity index (χ3n) is 10.7. The Kier molecular flexibility index (Phi) is 5.94. The van der Waals surface area contributed by atoms with Crippen LogP contribution < -0.4 is 0 Å². The zero-order valence-electron chi connectivity index (χ0n) is 20.9. The van der Waals surface area contributed by atoms with Gasteiger partial charge in [-0.3, -0.25) is 9.48 Å². The molecule has 3 fully saturated rings. The van der Waals surface area contributed by atoms with Crippen molar-refractivity contribution in [3.8, 4) is 0 Å². The minimum atomic E-state index is -0.260. The SMILES string of the molecule is CCC[C@H]1CC[C@@H]2[C@H](CC[C@]3(C)[C@@H](C(=O)Cn4cc5cc(F)ccc5n4)CC[C@@H]23)[C@@]1(C)CC. The number of fused-ring (bicyclic) bond motifs is 4. The number of carbonyl (C=O) groups is 1. The molecule has 33 heavy (non-hydrogen) atoms. The van der Waals surface area contributed by atoms with Gasteiger partial charge in [-0.05, 0) is 91.2 Å². The van der Waals surface area contributed by atoms with E-state index in [0.29, 0.717) is 23.7 Å². The highest BCUT2D eigenvalue weighted by Crippen LogP contribution is 2.66. The van der Waals surface area contributed by atoms with Gasteiger partial charge in [0.25, 0.3) is 0 Å². The van der Waals surface area contributed by atoms with Crippen molar-refractivity contribution in [2.45, 2.75) is 92.0 Å².